The van der Waals surface area contributed by atoms with E-state index in [4.69, 9.17) is 5.73 Å². The molecule has 0 fully saturated rings. The van der Waals surface area contributed by atoms with Crippen molar-refractivity contribution >= 4 is 23.1 Å². The van der Waals surface area contributed by atoms with E-state index in [0.717, 1.165) is 12.8 Å². The normalized spacial score (nSPS) is 12.6. The van der Waals surface area contributed by atoms with Gasteiger partial charge in [0, 0.05) is 27.1 Å². The van der Waals surface area contributed by atoms with Gasteiger partial charge in [0.25, 0.3) is 0 Å². The summed E-state index contributed by atoms with van der Waals surface area (Å²) in [4.78, 5) is 4.11. The lowest BCUT2D eigenvalue weighted by atomic mass is 10.0. The zero-order valence-corrected chi connectivity index (χ0v) is 12.5. The van der Waals surface area contributed by atoms with E-state index in [9.17, 15) is 0 Å². The summed E-state index contributed by atoms with van der Waals surface area (Å²) < 4.78 is 0. The molecule has 0 saturated heterocycles. The summed E-state index contributed by atoms with van der Waals surface area (Å²) in [5, 5.41) is 0. The molecule has 2 rings (SSSR count). The first-order valence-corrected chi connectivity index (χ1v) is 8.24. The van der Waals surface area contributed by atoms with Gasteiger partial charge in [-0.05, 0) is 36.4 Å². The third-order valence-electron chi connectivity index (χ3n) is 3.03. The summed E-state index contributed by atoms with van der Waals surface area (Å²) in [5.41, 5.74) is 7.61. The van der Waals surface area contributed by atoms with E-state index in [0.29, 0.717) is 0 Å². The van der Waals surface area contributed by atoms with Gasteiger partial charge < -0.3 is 5.73 Å². The van der Waals surface area contributed by atoms with Crippen LogP contribution in [0, 0.1) is 0 Å². The van der Waals surface area contributed by atoms with Gasteiger partial charge in [-0.15, -0.1) is 23.1 Å². The Bertz CT molecular complexity index is 505. The fourth-order valence-corrected chi connectivity index (χ4v) is 3.71. The van der Waals surface area contributed by atoms with Crippen LogP contribution in [0.4, 0.5) is 0 Å². The van der Waals surface area contributed by atoms with Gasteiger partial charge in [0.05, 0.1) is 0 Å². The van der Waals surface area contributed by atoms with Crippen LogP contribution in [0.25, 0.3) is 0 Å². The maximum Gasteiger partial charge on any atom is 0.0354 e. The molecule has 1 atom stereocenters. The Morgan fingerprint density at radius 1 is 1.17 bits per heavy atom. The molecule has 0 bridgehead atoms. The number of rotatable bonds is 5. The fourth-order valence-electron chi connectivity index (χ4n) is 2.02. The van der Waals surface area contributed by atoms with Crippen LogP contribution in [0.1, 0.15) is 28.3 Å². The second-order valence-electron chi connectivity index (χ2n) is 4.27. The minimum Gasteiger partial charge on any atom is -0.324 e. The van der Waals surface area contributed by atoms with Crippen LogP contribution >= 0.6 is 23.1 Å². The van der Waals surface area contributed by atoms with Crippen LogP contribution in [0.15, 0.2) is 41.3 Å². The predicted octanol–water partition coefficient (Wildman–Crippen LogP) is 4.27. The van der Waals surface area contributed by atoms with Crippen molar-refractivity contribution in [1.29, 1.82) is 0 Å². The second-order valence-corrected chi connectivity index (χ2v) is 6.38. The Labute approximate surface area is 117 Å². The van der Waals surface area contributed by atoms with E-state index in [-0.39, 0.29) is 6.04 Å². The molecule has 0 amide bonds. The highest BCUT2D eigenvalue weighted by atomic mass is 32.2. The second kappa shape index (κ2) is 6.41. The third kappa shape index (κ3) is 3.16. The Hall–Kier alpha value is -0.770. The highest BCUT2D eigenvalue weighted by molar-refractivity contribution is 7.98. The predicted molar refractivity (Wildman–Crippen MR) is 82.6 cm³/mol. The SMILES string of the molecule is CCc1ccc(CC(N)c2ccccc2SC)s1. The molecular weight excluding hydrogens is 258 g/mol. The van der Waals surface area contributed by atoms with Gasteiger partial charge in [0.15, 0.2) is 0 Å². The highest BCUT2D eigenvalue weighted by Gasteiger charge is 2.12. The lowest BCUT2D eigenvalue weighted by molar-refractivity contribution is 0.715. The minimum absolute atomic E-state index is 0.0945. The molecule has 0 spiro atoms. The smallest absolute Gasteiger partial charge is 0.0354 e. The highest BCUT2D eigenvalue weighted by Crippen LogP contribution is 2.28. The standard InChI is InChI=1S/C15H19NS2/c1-3-11-8-9-12(18-11)10-14(16)13-6-4-5-7-15(13)17-2/h4-9,14H,3,10,16H2,1-2H3. The molecule has 0 aliphatic carbocycles. The van der Waals surface area contributed by atoms with Gasteiger partial charge in [-0.2, -0.15) is 0 Å². The molecule has 0 aliphatic heterocycles. The lowest BCUT2D eigenvalue weighted by Crippen LogP contribution is -2.13. The number of hydrogen-bond acceptors (Lipinski definition) is 3. The number of thiophene rings is 1. The van der Waals surface area contributed by atoms with Crippen molar-refractivity contribution in [1.82, 2.24) is 0 Å². The Balaban J connectivity index is 2.13. The Morgan fingerprint density at radius 2 is 1.89 bits per heavy atom. The van der Waals surface area contributed by atoms with E-state index in [1.54, 1.807) is 11.8 Å². The van der Waals surface area contributed by atoms with Gasteiger partial charge in [-0.3, -0.25) is 0 Å². The minimum atomic E-state index is 0.0945. The molecule has 18 heavy (non-hydrogen) atoms. The molecule has 1 unspecified atom stereocenters. The van der Waals surface area contributed by atoms with Crippen LogP contribution < -0.4 is 5.73 Å². The molecule has 3 heteroatoms. The summed E-state index contributed by atoms with van der Waals surface area (Å²) >= 11 is 3.65. The fraction of sp³-hybridized carbons (Fsp3) is 0.333. The van der Waals surface area contributed by atoms with Crippen LogP contribution in [0.5, 0.6) is 0 Å². The number of aryl methyl sites for hydroxylation is 1. The summed E-state index contributed by atoms with van der Waals surface area (Å²) in [6, 6.07) is 13.0. The van der Waals surface area contributed by atoms with E-state index in [1.807, 2.05) is 11.3 Å². The van der Waals surface area contributed by atoms with Crippen molar-refractivity contribution in [3.8, 4) is 0 Å². The largest absolute Gasteiger partial charge is 0.324 e. The van der Waals surface area contributed by atoms with Gasteiger partial charge in [0.2, 0.25) is 0 Å². The number of hydrogen-bond donors (Lipinski definition) is 1. The van der Waals surface area contributed by atoms with E-state index in [1.165, 1.54) is 20.2 Å². The van der Waals surface area contributed by atoms with Crippen molar-refractivity contribution in [3.63, 3.8) is 0 Å². The third-order valence-corrected chi connectivity index (χ3v) is 5.09. The molecule has 96 valence electrons. The van der Waals surface area contributed by atoms with E-state index < -0.39 is 0 Å². The summed E-state index contributed by atoms with van der Waals surface area (Å²) in [6.45, 7) is 2.19. The summed E-state index contributed by atoms with van der Waals surface area (Å²) in [7, 11) is 0. The molecule has 1 heterocycles. The van der Waals surface area contributed by atoms with Gasteiger partial charge >= 0.3 is 0 Å². The maximum absolute atomic E-state index is 6.35. The molecular formula is C15H19NS2. The van der Waals surface area contributed by atoms with Crippen molar-refractivity contribution < 1.29 is 0 Å². The van der Waals surface area contributed by atoms with E-state index in [2.05, 4.69) is 49.6 Å². The number of thioether (sulfide) groups is 1. The van der Waals surface area contributed by atoms with Crippen LogP contribution in [-0.4, -0.2) is 6.26 Å². The van der Waals surface area contributed by atoms with Crippen molar-refractivity contribution in [2.75, 3.05) is 6.26 Å². The molecule has 0 aliphatic rings. The van der Waals surface area contributed by atoms with E-state index >= 15 is 0 Å². The monoisotopic (exact) mass is 277 g/mol. The van der Waals surface area contributed by atoms with Crippen LogP contribution in [-0.2, 0) is 12.8 Å². The molecule has 0 saturated carbocycles. The quantitative estimate of drug-likeness (QED) is 0.826. The molecule has 0 radical (unpaired) electrons. The van der Waals surface area contributed by atoms with Gasteiger partial charge in [0.1, 0.15) is 0 Å². The zero-order chi connectivity index (χ0) is 13.0. The van der Waals surface area contributed by atoms with Gasteiger partial charge in [-0.1, -0.05) is 25.1 Å². The molecule has 2 aromatic rings. The Kier molecular flexibility index (Phi) is 4.87. The van der Waals surface area contributed by atoms with Crippen molar-refractivity contribution in [2.24, 2.45) is 5.73 Å². The Morgan fingerprint density at radius 3 is 2.56 bits per heavy atom. The topological polar surface area (TPSA) is 26.0 Å². The maximum atomic E-state index is 6.35. The molecule has 1 aromatic heterocycles. The van der Waals surface area contributed by atoms with Crippen LogP contribution in [0.2, 0.25) is 0 Å². The van der Waals surface area contributed by atoms with Gasteiger partial charge in [-0.25, -0.2) is 0 Å². The zero-order valence-electron chi connectivity index (χ0n) is 10.8. The number of benzene rings is 1. The molecule has 1 nitrogen and oxygen atoms in total. The summed E-state index contributed by atoms with van der Waals surface area (Å²) in [6.07, 6.45) is 4.15. The number of nitrogens with two attached hydrogens (primary N) is 1. The average Bonchev–Trinajstić information content (AvgIpc) is 2.86. The van der Waals surface area contributed by atoms with Crippen molar-refractivity contribution in [2.45, 2.75) is 30.7 Å². The average molecular weight is 277 g/mol. The first-order chi connectivity index (χ1) is 8.74. The molecule has 1 aromatic carbocycles. The molecule has 2 N–H and O–H groups in total. The van der Waals surface area contributed by atoms with Crippen molar-refractivity contribution in [3.05, 3.63) is 51.7 Å². The first kappa shape index (κ1) is 13.7. The summed E-state index contributed by atoms with van der Waals surface area (Å²) in [5.74, 6) is 0. The first-order valence-electron chi connectivity index (χ1n) is 6.20. The lowest BCUT2D eigenvalue weighted by Gasteiger charge is -2.14. The van der Waals surface area contributed by atoms with Crippen LogP contribution in [0.3, 0.4) is 0 Å².